The summed E-state index contributed by atoms with van der Waals surface area (Å²) in [6.07, 6.45) is 0.402. The van der Waals surface area contributed by atoms with Crippen LogP contribution in [0.3, 0.4) is 0 Å². The van der Waals surface area contributed by atoms with Crippen molar-refractivity contribution in [1.82, 2.24) is 25.2 Å². The lowest BCUT2D eigenvalue weighted by atomic mass is 10.1. The highest BCUT2D eigenvalue weighted by atomic mass is 35.5. The average molecular weight is 643 g/mol. The third kappa shape index (κ3) is 9.66. The Balaban J connectivity index is 1.33. The van der Waals surface area contributed by atoms with Crippen LogP contribution in [0.2, 0.25) is 5.02 Å². The zero-order valence-electron chi connectivity index (χ0n) is 25.8. The van der Waals surface area contributed by atoms with Gasteiger partial charge in [-0.25, -0.2) is 14.0 Å². The maximum atomic E-state index is 13.9. The molecular formula is C32H40ClFN6O5. The fourth-order valence-corrected chi connectivity index (χ4v) is 5.25. The maximum Gasteiger partial charge on any atom is 0.414 e. The Morgan fingerprint density at radius 3 is 2.53 bits per heavy atom. The van der Waals surface area contributed by atoms with Gasteiger partial charge in [0, 0.05) is 63.9 Å². The molecule has 242 valence electrons. The van der Waals surface area contributed by atoms with E-state index in [9.17, 15) is 18.8 Å². The summed E-state index contributed by atoms with van der Waals surface area (Å²) in [5, 5.41) is 9.16. The molecule has 2 aromatic carbocycles. The topological polar surface area (TPSA) is 120 Å². The lowest BCUT2D eigenvalue weighted by Gasteiger charge is -2.37. The fraction of sp³-hybridized carbons (Fsp3) is 0.438. The van der Waals surface area contributed by atoms with Gasteiger partial charge in [0.1, 0.15) is 18.1 Å². The summed E-state index contributed by atoms with van der Waals surface area (Å²) < 4.78 is 24.5. The number of anilines is 1. The summed E-state index contributed by atoms with van der Waals surface area (Å²) in [5.74, 6) is -0.410. The Morgan fingerprint density at radius 2 is 1.82 bits per heavy atom. The molecule has 0 spiro atoms. The molecule has 1 aliphatic rings. The normalized spacial score (nSPS) is 14.2. The van der Waals surface area contributed by atoms with Crippen molar-refractivity contribution in [2.24, 2.45) is 0 Å². The highest BCUT2D eigenvalue weighted by Crippen LogP contribution is 2.22. The molecule has 45 heavy (non-hydrogen) atoms. The lowest BCUT2D eigenvalue weighted by molar-refractivity contribution is -0.133. The van der Waals surface area contributed by atoms with Crippen molar-refractivity contribution in [3.63, 3.8) is 0 Å². The second-order valence-electron chi connectivity index (χ2n) is 11.2. The van der Waals surface area contributed by atoms with Gasteiger partial charge in [0.2, 0.25) is 11.8 Å². The van der Waals surface area contributed by atoms with Gasteiger partial charge in [-0.3, -0.25) is 15.0 Å². The van der Waals surface area contributed by atoms with Crippen LogP contribution in [-0.2, 0) is 16.1 Å². The quantitative estimate of drug-likeness (QED) is 0.263. The minimum Gasteiger partial charge on any atom is -0.447 e. The average Bonchev–Trinajstić information content (AvgIpc) is 3.51. The molecule has 13 heteroatoms. The highest BCUT2D eigenvalue weighted by molar-refractivity contribution is 6.31. The van der Waals surface area contributed by atoms with Crippen molar-refractivity contribution in [2.45, 2.75) is 51.7 Å². The lowest BCUT2D eigenvalue weighted by Crippen LogP contribution is -2.50. The SMILES string of the molecule is CC(C)N1CCN(C(=O)CCC[C@@H](COC(=O)Nc2cc(-c3ccccc3)no2)N(C)C(=O)NCc2cccc(F)c2Cl)CC1. The number of hydrogen-bond donors (Lipinski definition) is 2. The van der Waals surface area contributed by atoms with Gasteiger partial charge in [0.25, 0.3) is 0 Å². The fourth-order valence-electron chi connectivity index (χ4n) is 5.06. The number of piperazine rings is 1. The van der Waals surface area contributed by atoms with E-state index in [1.54, 1.807) is 19.2 Å². The monoisotopic (exact) mass is 642 g/mol. The molecule has 1 atom stereocenters. The van der Waals surface area contributed by atoms with Gasteiger partial charge in [-0.15, -0.1) is 0 Å². The van der Waals surface area contributed by atoms with E-state index < -0.39 is 24.0 Å². The van der Waals surface area contributed by atoms with E-state index >= 15 is 0 Å². The van der Waals surface area contributed by atoms with E-state index in [0.717, 1.165) is 18.7 Å². The minimum absolute atomic E-state index is 0.00388. The largest absolute Gasteiger partial charge is 0.447 e. The van der Waals surface area contributed by atoms with Gasteiger partial charge in [-0.2, -0.15) is 0 Å². The number of amides is 4. The number of benzene rings is 2. The van der Waals surface area contributed by atoms with Gasteiger partial charge in [-0.1, -0.05) is 59.2 Å². The molecule has 1 fully saturated rings. The van der Waals surface area contributed by atoms with Gasteiger partial charge in [0.15, 0.2) is 0 Å². The number of hydrogen-bond acceptors (Lipinski definition) is 7. The predicted molar refractivity (Wildman–Crippen MR) is 169 cm³/mol. The molecule has 11 nitrogen and oxygen atoms in total. The van der Waals surface area contributed by atoms with Gasteiger partial charge in [-0.05, 0) is 38.3 Å². The van der Waals surface area contributed by atoms with Crippen LogP contribution >= 0.6 is 11.6 Å². The number of likely N-dealkylation sites (N-methyl/N-ethyl adjacent to an activating group) is 1. The van der Waals surface area contributed by atoms with Crippen LogP contribution in [-0.4, -0.2) is 89.8 Å². The zero-order valence-corrected chi connectivity index (χ0v) is 26.6. The van der Waals surface area contributed by atoms with E-state index in [0.29, 0.717) is 49.7 Å². The molecule has 2 N–H and O–H groups in total. The second kappa shape index (κ2) is 16.2. The molecule has 0 saturated carbocycles. The minimum atomic E-state index is -0.782. The smallest absolute Gasteiger partial charge is 0.414 e. The molecule has 1 aliphatic heterocycles. The van der Waals surface area contributed by atoms with Crippen molar-refractivity contribution in [2.75, 3.05) is 45.2 Å². The van der Waals surface area contributed by atoms with E-state index in [1.807, 2.05) is 35.2 Å². The molecule has 3 aromatic rings. The van der Waals surface area contributed by atoms with Crippen LogP contribution in [0.25, 0.3) is 11.3 Å². The Bertz CT molecular complexity index is 1430. The molecule has 0 aliphatic carbocycles. The summed E-state index contributed by atoms with van der Waals surface area (Å²) in [7, 11) is 1.57. The first kappa shape index (κ1) is 33.7. The molecule has 0 unspecified atom stereocenters. The van der Waals surface area contributed by atoms with E-state index in [1.165, 1.54) is 17.0 Å². The zero-order chi connectivity index (χ0) is 32.3. The first-order chi connectivity index (χ1) is 21.6. The number of nitrogens with zero attached hydrogens (tertiary/aromatic N) is 4. The number of urea groups is 1. The Morgan fingerprint density at radius 1 is 1.09 bits per heavy atom. The van der Waals surface area contributed by atoms with E-state index in [4.69, 9.17) is 20.9 Å². The summed E-state index contributed by atoms with van der Waals surface area (Å²) in [4.78, 5) is 44.3. The van der Waals surface area contributed by atoms with Crippen LogP contribution in [0, 0.1) is 5.82 Å². The number of halogens is 2. The van der Waals surface area contributed by atoms with Crippen molar-refractivity contribution in [3.8, 4) is 11.3 Å². The van der Waals surface area contributed by atoms with Gasteiger partial charge >= 0.3 is 12.1 Å². The molecule has 0 bridgehead atoms. The predicted octanol–water partition coefficient (Wildman–Crippen LogP) is 5.62. The molecular weight excluding hydrogens is 603 g/mol. The number of rotatable bonds is 12. The number of nitrogens with one attached hydrogen (secondary N) is 2. The van der Waals surface area contributed by atoms with Gasteiger partial charge < -0.3 is 24.4 Å². The van der Waals surface area contributed by atoms with E-state index in [2.05, 4.69) is 34.5 Å². The molecule has 1 aromatic heterocycles. The summed E-state index contributed by atoms with van der Waals surface area (Å²) >= 11 is 6.04. The Hall–Kier alpha value is -4.16. The van der Waals surface area contributed by atoms with Crippen molar-refractivity contribution in [1.29, 1.82) is 0 Å². The number of aromatic nitrogens is 1. The maximum absolute atomic E-state index is 13.9. The Kier molecular flexibility index (Phi) is 12.2. The van der Waals surface area contributed by atoms with E-state index in [-0.39, 0.29) is 30.0 Å². The summed E-state index contributed by atoms with van der Waals surface area (Å²) in [6.45, 7) is 7.20. The molecule has 0 radical (unpaired) electrons. The first-order valence-corrected chi connectivity index (χ1v) is 15.4. The number of ether oxygens (including phenoxy) is 1. The molecule has 4 amide bonds. The first-order valence-electron chi connectivity index (χ1n) is 15.0. The van der Waals surface area contributed by atoms with Gasteiger partial charge in [0.05, 0.1) is 11.1 Å². The van der Waals surface area contributed by atoms with Crippen LogP contribution in [0.1, 0.15) is 38.7 Å². The third-order valence-electron chi connectivity index (χ3n) is 7.87. The van der Waals surface area contributed by atoms with Crippen LogP contribution in [0.15, 0.2) is 59.1 Å². The van der Waals surface area contributed by atoms with Crippen molar-refractivity contribution >= 4 is 35.5 Å². The highest BCUT2D eigenvalue weighted by Gasteiger charge is 2.25. The second-order valence-corrected chi connectivity index (χ2v) is 11.6. The summed E-state index contributed by atoms with van der Waals surface area (Å²) in [6, 6.07) is 14.7. The molecule has 4 rings (SSSR count). The third-order valence-corrected chi connectivity index (χ3v) is 8.29. The van der Waals surface area contributed by atoms with Crippen LogP contribution < -0.4 is 10.6 Å². The number of carbonyl (C=O) groups is 3. The van der Waals surface area contributed by atoms with Crippen molar-refractivity contribution < 1.29 is 28.0 Å². The molecule has 2 heterocycles. The molecule has 1 saturated heterocycles. The number of carbonyl (C=O) groups excluding carboxylic acids is 3. The Labute approximate surface area is 267 Å². The summed E-state index contributed by atoms with van der Waals surface area (Å²) in [5.41, 5.74) is 1.80. The van der Waals surface area contributed by atoms with Crippen molar-refractivity contribution in [3.05, 3.63) is 71.0 Å². The van der Waals surface area contributed by atoms with Crippen LogP contribution in [0.5, 0.6) is 0 Å². The standard InChI is InChI=1S/C32H40ClFN6O5/c1-22(2)39-15-17-40(18-16-39)29(41)14-8-12-25(38(3)31(42)35-20-24-11-7-13-26(34)30(24)33)21-44-32(43)36-28-19-27(37-45-28)23-9-5-4-6-10-23/h4-7,9-11,13,19,22,25H,8,12,14-18,20-21H2,1-3H3,(H,35,42)(H,36,43)/t25-/m0/s1. The van der Waals surface area contributed by atoms with Crippen LogP contribution in [0.4, 0.5) is 19.9 Å².